The molecule has 3 nitrogen and oxygen atoms in total. The van der Waals surface area contributed by atoms with Gasteiger partial charge in [0.05, 0.1) is 18.1 Å². The van der Waals surface area contributed by atoms with Gasteiger partial charge in [-0.25, -0.2) is 0 Å². The van der Waals surface area contributed by atoms with Crippen molar-refractivity contribution in [3.8, 4) is 0 Å². The van der Waals surface area contributed by atoms with Gasteiger partial charge in [-0.1, -0.05) is 30.3 Å². The standard InChI is InChI=1S/C16H23NO2/c1-13-10-19-14(2)9-17(13)11-16(3,12-18)15-7-5-4-6-8-15/h4-8,12-14H,9-11H2,1-3H3. The second kappa shape index (κ2) is 5.85. The number of benzene rings is 1. The minimum Gasteiger partial charge on any atom is -0.376 e. The minimum atomic E-state index is -0.452. The highest BCUT2D eigenvalue weighted by atomic mass is 16.5. The summed E-state index contributed by atoms with van der Waals surface area (Å²) in [6.45, 7) is 8.63. The molecule has 1 saturated heterocycles. The molecule has 0 bridgehead atoms. The first kappa shape index (κ1) is 14.2. The molecular weight excluding hydrogens is 238 g/mol. The molecule has 3 atom stereocenters. The number of aldehydes is 1. The monoisotopic (exact) mass is 261 g/mol. The highest BCUT2D eigenvalue weighted by Gasteiger charge is 2.33. The molecule has 0 radical (unpaired) electrons. The third-order valence-corrected chi connectivity index (χ3v) is 3.96. The molecular formula is C16H23NO2. The molecule has 1 aromatic carbocycles. The van der Waals surface area contributed by atoms with Gasteiger partial charge in [0.2, 0.25) is 0 Å². The van der Waals surface area contributed by atoms with Crippen molar-refractivity contribution in [2.45, 2.75) is 38.3 Å². The highest BCUT2D eigenvalue weighted by Crippen LogP contribution is 2.25. The van der Waals surface area contributed by atoms with Crippen molar-refractivity contribution in [2.75, 3.05) is 19.7 Å². The maximum absolute atomic E-state index is 11.6. The fraction of sp³-hybridized carbons (Fsp3) is 0.562. The van der Waals surface area contributed by atoms with Gasteiger partial charge in [-0.2, -0.15) is 0 Å². The van der Waals surface area contributed by atoms with E-state index in [-0.39, 0.29) is 6.10 Å². The van der Waals surface area contributed by atoms with Crippen LogP contribution in [0.3, 0.4) is 0 Å². The number of carbonyl (C=O) groups excluding carboxylic acids is 1. The van der Waals surface area contributed by atoms with Crippen molar-refractivity contribution >= 4 is 6.29 Å². The Hall–Kier alpha value is -1.19. The predicted molar refractivity (Wildman–Crippen MR) is 76.3 cm³/mol. The van der Waals surface area contributed by atoms with Crippen molar-refractivity contribution in [2.24, 2.45) is 0 Å². The number of carbonyl (C=O) groups is 1. The molecule has 3 heteroatoms. The molecule has 1 aliphatic rings. The minimum absolute atomic E-state index is 0.239. The van der Waals surface area contributed by atoms with Gasteiger partial charge in [0.1, 0.15) is 6.29 Å². The Bertz CT molecular complexity index is 420. The molecule has 1 heterocycles. The summed E-state index contributed by atoms with van der Waals surface area (Å²) in [6.07, 6.45) is 1.32. The van der Waals surface area contributed by atoms with Crippen LogP contribution in [0, 0.1) is 0 Å². The van der Waals surface area contributed by atoms with E-state index in [1.54, 1.807) is 0 Å². The van der Waals surface area contributed by atoms with E-state index in [0.717, 1.165) is 31.5 Å². The summed E-state index contributed by atoms with van der Waals surface area (Å²) < 4.78 is 5.64. The predicted octanol–water partition coefficient (Wildman–Crippen LogP) is 2.25. The molecule has 0 N–H and O–H groups in total. The first-order chi connectivity index (χ1) is 9.05. The summed E-state index contributed by atoms with van der Waals surface area (Å²) in [5, 5.41) is 0. The van der Waals surface area contributed by atoms with Gasteiger partial charge in [-0.15, -0.1) is 0 Å². The zero-order valence-corrected chi connectivity index (χ0v) is 12.0. The summed E-state index contributed by atoms with van der Waals surface area (Å²) >= 11 is 0. The third kappa shape index (κ3) is 3.23. The van der Waals surface area contributed by atoms with E-state index in [4.69, 9.17) is 4.74 Å². The molecule has 2 rings (SSSR count). The zero-order valence-electron chi connectivity index (χ0n) is 12.0. The van der Waals surface area contributed by atoms with Crippen molar-refractivity contribution in [3.63, 3.8) is 0 Å². The zero-order chi connectivity index (χ0) is 13.9. The topological polar surface area (TPSA) is 29.5 Å². The summed E-state index contributed by atoms with van der Waals surface area (Å²) in [4.78, 5) is 14.0. The number of nitrogens with zero attached hydrogens (tertiary/aromatic N) is 1. The molecule has 0 saturated carbocycles. The molecule has 0 amide bonds. The Balaban J connectivity index is 2.16. The Morgan fingerprint density at radius 2 is 2.05 bits per heavy atom. The highest BCUT2D eigenvalue weighted by molar-refractivity contribution is 5.68. The summed E-state index contributed by atoms with van der Waals surface area (Å²) in [6, 6.07) is 10.4. The molecule has 0 aliphatic carbocycles. The fourth-order valence-electron chi connectivity index (χ4n) is 2.63. The first-order valence-corrected chi connectivity index (χ1v) is 6.92. The van der Waals surface area contributed by atoms with Crippen LogP contribution in [0.2, 0.25) is 0 Å². The van der Waals surface area contributed by atoms with Crippen LogP contribution in [-0.2, 0) is 14.9 Å². The van der Waals surface area contributed by atoms with Crippen LogP contribution in [0.25, 0.3) is 0 Å². The molecule has 1 aromatic rings. The maximum Gasteiger partial charge on any atom is 0.131 e. The second-order valence-electron chi connectivity index (χ2n) is 5.82. The van der Waals surface area contributed by atoms with Crippen molar-refractivity contribution < 1.29 is 9.53 Å². The van der Waals surface area contributed by atoms with Crippen LogP contribution in [-0.4, -0.2) is 43.0 Å². The van der Waals surface area contributed by atoms with Crippen molar-refractivity contribution in [3.05, 3.63) is 35.9 Å². The first-order valence-electron chi connectivity index (χ1n) is 6.92. The van der Waals surface area contributed by atoms with Gasteiger partial charge in [0.25, 0.3) is 0 Å². The molecule has 1 fully saturated rings. The van der Waals surface area contributed by atoms with E-state index in [0.29, 0.717) is 6.04 Å². The number of ether oxygens (including phenoxy) is 1. The molecule has 19 heavy (non-hydrogen) atoms. The molecule has 104 valence electrons. The van der Waals surface area contributed by atoms with E-state index in [1.807, 2.05) is 37.3 Å². The summed E-state index contributed by atoms with van der Waals surface area (Å²) in [7, 11) is 0. The van der Waals surface area contributed by atoms with Crippen LogP contribution >= 0.6 is 0 Å². The maximum atomic E-state index is 11.6. The Morgan fingerprint density at radius 1 is 1.37 bits per heavy atom. The number of hydrogen-bond donors (Lipinski definition) is 0. The quantitative estimate of drug-likeness (QED) is 0.779. The normalized spacial score (nSPS) is 27.7. The van der Waals surface area contributed by atoms with Gasteiger partial charge < -0.3 is 9.53 Å². The lowest BCUT2D eigenvalue weighted by atomic mass is 9.83. The second-order valence-corrected chi connectivity index (χ2v) is 5.82. The molecule has 3 unspecified atom stereocenters. The smallest absolute Gasteiger partial charge is 0.131 e. The largest absolute Gasteiger partial charge is 0.376 e. The average Bonchev–Trinajstić information content (AvgIpc) is 2.44. The van der Waals surface area contributed by atoms with Gasteiger partial charge in [-0.05, 0) is 26.3 Å². The SMILES string of the molecule is CC1CN(CC(C)(C=O)c2ccccc2)C(C)CO1. The number of morpholine rings is 1. The lowest BCUT2D eigenvalue weighted by Crippen LogP contribution is -2.52. The average molecular weight is 261 g/mol. The third-order valence-electron chi connectivity index (χ3n) is 3.96. The Labute approximate surface area is 115 Å². The van der Waals surface area contributed by atoms with E-state index >= 15 is 0 Å². The number of hydrogen-bond acceptors (Lipinski definition) is 3. The Morgan fingerprint density at radius 3 is 2.68 bits per heavy atom. The van der Waals surface area contributed by atoms with Crippen LogP contribution in [0.1, 0.15) is 26.3 Å². The van der Waals surface area contributed by atoms with Crippen LogP contribution in [0.15, 0.2) is 30.3 Å². The summed E-state index contributed by atoms with van der Waals surface area (Å²) in [5.41, 5.74) is 0.628. The van der Waals surface area contributed by atoms with Gasteiger partial charge in [0.15, 0.2) is 0 Å². The van der Waals surface area contributed by atoms with E-state index in [2.05, 4.69) is 18.7 Å². The Kier molecular flexibility index (Phi) is 4.38. The number of rotatable bonds is 4. The van der Waals surface area contributed by atoms with Crippen LogP contribution in [0.5, 0.6) is 0 Å². The lowest BCUT2D eigenvalue weighted by molar-refractivity contribution is -0.114. The van der Waals surface area contributed by atoms with Gasteiger partial charge in [-0.3, -0.25) is 4.90 Å². The lowest BCUT2D eigenvalue weighted by Gasteiger charge is -2.40. The van der Waals surface area contributed by atoms with E-state index in [1.165, 1.54) is 0 Å². The van der Waals surface area contributed by atoms with Gasteiger partial charge in [0, 0.05) is 19.1 Å². The van der Waals surface area contributed by atoms with Gasteiger partial charge >= 0.3 is 0 Å². The molecule has 1 aliphatic heterocycles. The van der Waals surface area contributed by atoms with Crippen molar-refractivity contribution in [1.29, 1.82) is 0 Å². The summed E-state index contributed by atoms with van der Waals surface area (Å²) in [5.74, 6) is 0. The molecule has 0 aromatic heterocycles. The van der Waals surface area contributed by atoms with E-state index < -0.39 is 5.41 Å². The van der Waals surface area contributed by atoms with E-state index in [9.17, 15) is 4.79 Å². The molecule has 0 spiro atoms. The van der Waals surface area contributed by atoms with Crippen LogP contribution < -0.4 is 0 Å². The fourth-order valence-corrected chi connectivity index (χ4v) is 2.63. The van der Waals surface area contributed by atoms with Crippen LogP contribution in [0.4, 0.5) is 0 Å². The van der Waals surface area contributed by atoms with Crippen molar-refractivity contribution in [1.82, 2.24) is 4.90 Å².